The summed E-state index contributed by atoms with van der Waals surface area (Å²) in [7, 11) is 0. The van der Waals surface area contributed by atoms with E-state index >= 15 is 0 Å². The molecule has 0 radical (unpaired) electrons. The Hall–Kier alpha value is -1.65. The fraction of sp³-hybridized carbons (Fsp3) is 0.278. The van der Waals surface area contributed by atoms with Gasteiger partial charge in [-0.15, -0.1) is 0 Å². The minimum atomic E-state index is -0.0824. The highest BCUT2D eigenvalue weighted by Crippen LogP contribution is 2.40. The lowest BCUT2D eigenvalue weighted by atomic mass is 10.2. The van der Waals surface area contributed by atoms with Gasteiger partial charge in [0.05, 0.1) is 10.7 Å². The van der Waals surface area contributed by atoms with Gasteiger partial charge in [0.15, 0.2) is 0 Å². The van der Waals surface area contributed by atoms with Gasteiger partial charge in [-0.25, -0.2) is 0 Å². The highest BCUT2D eigenvalue weighted by atomic mass is 35.5. The zero-order valence-corrected chi connectivity index (χ0v) is 14.6. The summed E-state index contributed by atoms with van der Waals surface area (Å²) in [6.07, 6.45) is 3.40. The molecule has 5 heteroatoms. The fourth-order valence-corrected chi connectivity index (χ4v) is 3.32. The van der Waals surface area contributed by atoms with Crippen molar-refractivity contribution in [2.24, 2.45) is 0 Å². The number of rotatable bonds is 7. The summed E-state index contributed by atoms with van der Waals surface area (Å²) in [5.74, 6) is -0.0214. The van der Waals surface area contributed by atoms with Gasteiger partial charge in [-0.2, -0.15) is 0 Å². The summed E-state index contributed by atoms with van der Waals surface area (Å²) in [5, 5.41) is 13.6. The fourth-order valence-electron chi connectivity index (χ4n) is 2.11. The molecule has 2 aromatic rings. The number of amides is 1. The molecule has 0 spiro atoms. The third kappa shape index (κ3) is 5.19. The molecule has 122 valence electrons. The van der Waals surface area contributed by atoms with Gasteiger partial charge in [0.25, 0.3) is 0 Å². The van der Waals surface area contributed by atoms with Crippen molar-refractivity contribution in [3.63, 3.8) is 0 Å². The average molecular weight is 350 g/mol. The van der Waals surface area contributed by atoms with Gasteiger partial charge in [-0.3, -0.25) is 4.79 Å². The largest absolute Gasteiger partial charge is 0.506 e. The minimum Gasteiger partial charge on any atom is -0.506 e. The van der Waals surface area contributed by atoms with Gasteiger partial charge in [0, 0.05) is 16.2 Å². The second-order valence-corrected chi connectivity index (χ2v) is 6.68. The van der Waals surface area contributed by atoms with E-state index in [0.29, 0.717) is 17.1 Å². The molecule has 1 amide bonds. The van der Waals surface area contributed by atoms with Gasteiger partial charge >= 0.3 is 0 Å². The van der Waals surface area contributed by atoms with Gasteiger partial charge < -0.3 is 10.4 Å². The van der Waals surface area contributed by atoms with E-state index in [1.807, 2.05) is 30.3 Å². The van der Waals surface area contributed by atoms with Crippen LogP contribution in [0.4, 0.5) is 5.69 Å². The quantitative estimate of drug-likeness (QED) is 0.496. The lowest BCUT2D eigenvalue weighted by Gasteiger charge is -2.13. The van der Waals surface area contributed by atoms with E-state index in [1.54, 1.807) is 12.1 Å². The number of para-hydroxylation sites is 1. The summed E-state index contributed by atoms with van der Waals surface area (Å²) in [5.41, 5.74) is 0.443. The maximum absolute atomic E-state index is 12.1. The molecule has 2 aromatic carbocycles. The van der Waals surface area contributed by atoms with Crippen molar-refractivity contribution in [2.45, 2.75) is 42.4 Å². The number of hydrogen-bond acceptors (Lipinski definition) is 3. The Morgan fingerprint density at radius 1 is 1.13 bits per heavy atom. The standard InChI is InChI=1S/C18H20ClNO2S/c1-2-3-4-12-17(22)20-18-14(21)9-7-11-16(18)23-15-10-6-5-8-13(15)19/h5-11,21H,2-4,12H2,1H3,(H,20,22). The molecular formula is C18H20ClNO2S. The highest BCUT2D eigenvalue weighted by molar-refractivity contribution is 7.99. The molecule has 2 N–H and O–H groups in total. The molecule has 0 bridgehead atoms. The van der Waals surface area contributed by atoms with Gasteiger partial charge in [0.2, 0.25) is 5.91 Å². The van der Waals surface area contributed by atoms with Crippen LogP contribution in [0, 0.1) is 0 Å². The number of aromatic hydroxyl groups is 1. The normalized spacial score (nSPS) is 10.5. The molecule has 0 fully saturated rings. The van der Waals surface area contributed by atoms with Crippen molar-refractivity contribution in [3.05, 3.63) is 47.5 Å². The SMILES string of the molecule is CCCCCC(=O)Nc1c(O)cccc1Sc1ccccc1Cl. The second-order valence-electron chi connectivity index (χ2n) is 5.19. The number of hydrogen-bond donors (Lipinski definition) is 2. The van der Waals surface area contributed by atoms with E-state index in [4.69, 9.17) is 11.6 Å². The maximum Gasteiger partial charge on any atom is 0.224 e. The third-order valence-electron chi connectivity index (χ3n) is 3.33. The molecule has 0 aliphatic heterocycles. The zero-order chi connectivity index (χ0) is 16.7. The number of nitrogens with one attached hydrogen (secondary N) is 1. The second kappa shape index (κ2) is 8.85. The number of unbranched alkanes of at least 4 members (excludes halogenated alkanes) is 2. The molecule has 2 rings (SSSR count). The number of halogens is 1. The van der Waals surface area contributed by atoms with E-state index in [-0.39, 0.29) is 11.7 Å². The third-order valence-corrected chi connectivity index (χ3v) is 4.91. The summed E-state index contributed by atoms with van der Waals surface area (Å²) in [6, 6.07) is 12.7. The number of phenols is 1. The predicted molar refractivity (Wildman–Crippen MR) is 96.5 cm³/mol. The number of anilines is 1. The van der Waals surface area contributed by atoms with Gasteiger partial charge in [-0.05, 0) is 30.7 Å². The van der Waals surface area contributed by atoms with Gasteiger partial charge in [0.1, 0.15) is 5.75 Å². The predicted octanol–water partition coefficient (Wildman–Crippen LogP) is 5.72. The van der Waals surface area contributed by atoms with Crippen molar-refractivity contribution in [2.75, 3.05) is 5.32 Å². The Labute approximate surface area is 146 Å². The highest BCUT2D eigenvalue weighted by Gasteiger charge is 2.13. The van der Waals surface area contributed by atoms with Crippen LogP contribution in [0.5, 0.6) is 5.75 Å². The number of phenolic OH excluding ortho intramolecular Hbond substituents is 1. The number of carbonyl (C=O) groups is 1. The molecule has 0 saturated heterocycles. The topological polar surface area (TPSA) is 49.3 Å². The first-order valence-electron chi connectivity index (χ1n) is 7.66. The molecule has 3 nitrogen and oxygen atoms in total. The van der Waals surface area contributed by atoms with Crippen LogP contribution in [0.1, 0.15) is 32.6 Å². The van der Waals surface area contributed by atoms with Crippen LogP contribution in [-0.2, 0) is 4.79 Å². The smallest absolute Gasteiger partial charge is 0.224 e. The first-order chi connectivity index (χ1) is 11.1. The summed E-state index contributed by atoms with van der Waals surface area (Å²) in [6.45, 7) is 2.10. The molecule has 0 saturated carbocycles. The number of benzene rings is 2. The summed E-state index contributed by atoms with van der Waals surface area (Å²) in [4.78, 5) is 13.7. The van der Waals surface area contributed by atoms with Crippen molar-refractivity contribution >= 4 is 35.0 Å². The van der Waals surface area contributed by atoms with Crippen molar-refractivity contribution < 1.29 is 9.90 Å². The summed E-state index contributed by atoms with van der Waals surface area (Å²) >= 11 is 7.60. The van der Waals surface area contributed by atoms with E-state index in [2.05, 4.69) is 12.2 Å². The Morgan fingerprint density at radius 2 is 1.87 bits per heavy atom. The molecule has 0 heterocycles. The maximum atomic E-state index is 12.1. The van der Waals surface area contributed by atoms with E-state index < -0.39 is 0 Å². The molecular weight excluding hydrogens is 330 g/mol. The molecule has 0 unspecified atom stereocenters. The van der Waals surface area contributed by atoms with E-state index in [1.165, 1.54) is 11.8 Å². The van der Waals surface area contributed by atoms with Gasteiger partial charge in [-0.1, -0.05) is 61.3 Å². The van der Waals surface area contributed by atoms with Crippen LogP contribution < -0.4 is 5.32 Å². The van der Waals surface area contributed by atoms with E-state index in [0.717, 1.165) is 29.1 Å². The van der Waals surface area contributed by atoms with Crippen LogP contribution in [0.2, 0.25) is 5.02 Å². The number of carbonyl (C=O) groups excluding carboxylic acids is 1. The molecule has 23 heavy (non-hydrogen) atoms. The average Bonchev–Trinajstić information content (AvgIpc) is 2.53. The first kappa shape index (κ1) is 17.7. The Morgan fingerprint density at radius 3 is 2.61 bits per heavy atom. The monoisotopic (exact) mass is 349 g/mol. The Bertz CT molecular complexity index is 676. The lowest BCUT2D eigenvalue weighted by molar-refractivity contribution is -0.116. The summed E-state index contributed by atoms with van der Waals surface area (Å²) < 4.78 is 0. The Balaban J connectivity index is 2.16. The van der Waals surface area contributed by atoms with Crippen LogP contribution in [0.3, 0.4) is 0 Å². The van der Waals surface area contributed by atoms with Crippen LogP contribution in [0.15, 0.2) is 52.3 Å². The van der Waals surface area contributed by atoms with E-state index in [9.17, 15) is 9.90 Å². The lowest BCUT2D eigenvalue weighted by Crippen LogP contribution is -2.12. The van der Waals surface area contributed by atoms with Crippen molar-refractivity contribution in [3.8, 4) is 5.75 Å². The molecule has 0 aromatic heterocycles. The zero-order valence-electron chi connectivity index (χ0n) is 13.0. The van der Waals surface area contributed by atoms with Crippen LogP contribution >= 0.6 is 23.4 Å². The van der Waals surface area contributed by atoms with Crippen LogP contribution in [0.25, 0.3) is 0 Å². The van der Waals surface area contributed by atoms with Crippen molar-refractivity contribution in [1.29, 1.82) is 0 Å². The first-order valence-corrected chi connectivity index (χ1v) is 8.85. The van der Waals surface area contributed by atoms with Crippen molar-refractivity contribution in [1.82, 2.24) is 0 Å². The Kier molecular flexibility index (Phi) is 6.81. The molecule has 0 aliphatic carbocycles. The minimum absolute atomic E-state index is 0.0610. The molecule has 0 atom stereocenters. The molecule has 0 aliphatic rings. The van der Waals surface area contributed by atoms with Crippen LogP contribution in [-0.4, -0.2) is 11.0 Å².